The molecule has 2 N–H and O–H groups in total. The minimum Gasteiger partial charge on any atom is -0.508 e. The molecule has 4 aliphatic heterocycles. The number of nitriles is 1. The average Bonchev–Trinajstić information content (AvgIpc) is 4.11. The summed E-state index contributed by atoms with van der Waals surface area (Å²) in [7, 11) is 1.54. The first-order valence-electron chi connectivity index (χ1n) is 25.5. The molecule has 6 heterocycles. The number of pyridine rings is 1. The molecule has 384 valence electrons. The number of halogens is 2. The molecule has 1 aliphatic carbocycles. The van der Waals surface area contributed by atoms with E-state index in [4.69, 9.17) is 21.4 Å². The van der Waals surface area contributed by atoms with Crippen molar-refractivity contribution in [1.29, 1.82) is 5.26 Å². The van der Waals surface area contributed by atoms with E-state index in [1.165, 1.54) is 30.5 Å². The molecule has 3 amide bonds. The van der Waals surface area contributed by atoms with Crippen molar-refractivity contribution in [3.05, 3.63) is 77.0 Å². The van der Waals surface area contributed by atoms with Crippen molar-refractivity contribution in [3.63, 3.8) is 0 Å². The van der Waals surface area contributed by atoms with Gasteiger partial charge in [0, 0.05) is 132 Å². The summed E-state index contributed by atoms with van der Waals surface area (Å²) < 4.78 is 38.7. The Labute approximate surface area is 428 Å². The Morgan fingerprint density at radius 1 is 0.973 bits per heavy atom. The molecule has 4 fully saturated rings. The van der Waals surface area contributed by atoms with E-state index >= 15 is 8.78 Å². The van der Waals surface area contributed by atoms with E-state index in [0.717, 1.165) is 95.6 Å². The molecule has 2 aromatic heterocycles. The van der Waals surface area contributed by atoms with Gasteiger partial charge >= 0.3 is 6.01 Å². The molecule has 5 aromatic rings. The average molecular weight is 1010 g/mol. The lowest BCUT2D eigenvalue weighted by Gasteiger charge is -2.40. The van der Waals surface area contributed by atoms with Gasteiger partial charge in [-0.3, -0.25) is 19.4 Å². The number of fused-ring (bicyclic) bond motifs is 3. The van der Waals surface area contributed by atoms with E-state index in [1.54, 1.807) is 16.8 Å². The van der Waals surface area contributed by atoms with Crippen molar-refractivity contribution in [3.8, 4) is 41.4 Å². The van der Waals surface area contributed by atoms with Gasteiger partial charge in [-0.2, -0.15) is 15.2 Å². The van der Waals surface area contributed by atoms with E-state index in [0.29, 0.717) is 67.4 Å². The first-order chi connectivity index (χ1) is 35.9. The first-order valence-corrected chi connectivity index (χ1v) is 25.5. The van der Waals surface area contributed by atoms with Crippen molar-refractivity contribution < 1.29 is 37.8 Å². The van der Waals surface area contributed by atoms with Crippen LogP contribution in [0, 0.1) is 46.6 Å². The fourth-order valence-electron chi connectivity index (χ4n) is 11.3. The maximum Gasteiger partial charge on any atom is 0.319 e. The zero-order chi connectivity index (χ0) is 51.7. The lowest BCUT2D eigenvalue weighted by atomic mass is 9.95. The lowest BCUT2D eigenvalue weighted by Crippen LogP contribution is -2.50. The highest BCUT2D eigenvalue weighted by Crippen LogP contribution is 2.47. The minimum absolute atomic E-state index is 0.0128. The number of aromatic hydroxyl groups is 1. The molecule has 17 nitrogen and oxygen atoms in total. The van der Waals surface area contributed by atoms with Gasteiger partial charge in [-0.05, 0) is 85.4 Å². The van der Waals surface area contributed by atoms with Crippen molar-refractivity contribution in [2.24, 2.45) is 11.3 Å². The summed E-state index contributed by atoms with van der Waals surface area (Å²) in [4.78, 5) is 76.2. The Hall–Kier alpha value is -7.48. The summed E-state index contributed by atoms with van der Waals surface area (Å²) in [5, 5.41) is 23.4. The fourth-order valence-corrected chi connectivity index (χ4v) is 11.3. The molecule has 10 rings (SSSR count). The number of nitrogens with one attached hydrogen (secondary N) is 1. The van der Waals surface area contributed by atoms with Gasteiger partial charge in [-0.15, -0.1) is 6.42 Å². The zero-order valence-electron chi connectivity index (χ0n) is 41.5. The summed E-state index contributed by atoms with van der Waals surface area (Å²) in [6.07, 6.45) is 12.3. The van der Waals surface area contributed by atoms with Gasteiger partial charge in [0.1, 0.15) is 47.3 Å². The summed E-state index contributed by atoms with van der Waals surface area (Å²) in [6.45, 7) is 9.54. The quantitative estimate of drug-likeness (QED) is 0.0979. The number of phenolic OH excluding ortho intramolecular Hbond substituents is 1. The molecule has 1 atom stereocenters. The second-order valence-electron chi connectivity index (χ2n) is 20.3. The van der Waals surface area contributed by atoms with Gasteiger partial charge in [0.25, 0.3) is 5.91 Å². The van der Waals surface area contributed by atoms with E-state index < -0.39 is 17.7 Å². The second kappa shape index (κ2) is 21.2. The first kappa shape index (κ1) is 50.1. The standard InChI is InChI=1S/C55H59F2N11O6/c1-3-40-44(56)9-6-36-28-39(70)29-42(47(36)40)49-48(57)50-43(30-60-49)51(67-24-22-66(23-25-67)46(71)10-15-58)62-54(61-50)74-34-55(13-14-55)33-64-20-18-63(19-21-64)31-35-11-16-65(17-12-35)38-7-8-41-37(27-38)32-68(53(41)73)45(5-4-26-69)52(72)59-2/h1,6-9,26-30,35,45,70H,4-5,10-14,16-25,31-34H2,2H3,(H,59,72). The number of carbonyl (C=O) groups excluding carboxylic acids is 4. The molecule has 5 aliphatic rings. The molecule has 0 radical (unpaired) electrons. The van der Waals surface area contributed by atoms with Gasteiger partial charge in [-0.25, -0.2) is 8.78 Å². The van der Waals surface area contributed by atoms with Crippen LogP contribution in [0.15, 0.2) is 48.7 Å². The van der Waals surface area contributed by atoms with Crippen LogP contribution in [0.2, 0.25) is 0 Å². The highest BCUT2D eigenvalue weighted by Gasteiger charge is 2.46. The Bertz CT molecular complexity index is 3100. The maximum absolute atomic E-state index is 17.2. The van der Waals surface area contributed by atoms with Crippen LogP contribution < -0.4 is 19.9 Å². The number of likely N-dealkylation sites (N-methyl/N-ethyl adjacent to an activating group) is 1. The van der Waals surface area contributed by atoms with Crippen LogP contribution in [0.4, 0.5) is 20.3 Å². The number of amides is 3. The number of rotatable bonds is 16. The number of carbonyl (C=O) groups is 4. The van der Waals surface area contributed by atoms with Gasteiger partial charge in [0.15, 0.2) is 5.82 Å². The maximum atomic E-state index is 17.2. The van der Waals surface area contributed by atoms with E-state index in [1.807, 2.05) is 23.1 Å². The van der Waals surface area contributed by atoms with Crippen LogP contribution in [0.5, 0.6) is 11.8 Å². The third kappa shape index (κ3) is 10.1. The summed E-state index contributed by atoms with van der Waals surface area (Å²) in [6, 6.07) is 12.6. The number of ether oxygens (including phenoxy) is 1. The predicted molar refractivity (Wildman–Crippen MR) is 273 cm³/mol. The van der Waals surface area contributed by atoms with Gasteiger partial charge in [0.2, 0.25) is 11.8 Å². The molecule has 1 saturated carbocycles. The molecule has 0 spiro atoms. The second-order valence-corrected chi connectivity index (χ2v) is 20.3. The van der Waals surface area contributed by atoms with Crippen molar-refractivity contribution in [2.45, 2.75) is 57.5 Å². The number of hydrogen-bond acceptors (Lipinski definition) is 14. The van der Waals surface area contributed by atoms with Crippen LogP contribution in [0.1, 0.15) is 66.4 Å². The van der Waals surface area contributed by atoms with Crippen LogP contribution in [0.25, 0.3) is 32.9 Å². The predicted octanol–water partition coefficient (Wildman–Crippen LogP) is 5.12. The number of benzene rings is 3. The molecular formula is C55H59F2N11O6. The Balaban J connectivity index is 0.775. The zero-order valence-corrected chi connectivity index (χ0v) is 41.5. The fraction of sp³-hybridized carbons (Fsp3) is 0.455. The minimum atomic E-state index is -0.823. The van der Waals surface area contributed by atoms with E-state index in [2.05, 4.69) is 42.0 Å². The number of piperidine rings is 1. The molecule has 1 unspecified atom stereocenters. The van der Waals surface area contributed by atoms with Crippen molar-refractivity contribution in [2.75, 3.05) is 102 Å². The SMILES string of the molecule is C#Cc1c(F)ccc2cc(O)cc(-c3ncc4c(N5CCN(C(=O)CC#N)CC5)nc(OCC5(CN6CCN(CC7CCN(c8ccc9c(c8)CN(C(CCC=O)C(=O)NC)C9=O)CC7)CC6)CC5)nc4c3F)c12. The third-order valence-electron chi connectivity index (χ3n) is 15.6. The normalized spacial score (nSPS) is 18.5. The topological polar surface area (TPSA) is 192 Å². The Morgan fingerprint density at radius 3 is 2.43 bits per heavy atom. The van der Waals surface area contributed by atoms with Crippen LogP contribution in [0.3, 0.4) is 0 Å². The van der Waals surface area contributed by atoms with Crippen LogP contribution >= 0.6 is 0 Å². The highest BCUT2D eigenvalue weighted by molar-refractivity contribution is 6.03. The number of terminal acetylenes is 1. The number of phenols is 1. The number of piperazine rings is 2. The molecule has 3 aromatic carbocycles. The molecule has 0 bridgehead atoms. The molecule has 74 heavy (non-hydrogen) atoms. The number of hydrogen-bond donors (Lipinski definition) is 2. The number of aromatic nitrogens is 3. The Morgan fingerprint density at radius 2 is 1.73 bits per heavy atom. The van der Waals surface area contributed by atoms with Gasteiger partial charge in [0.05, 0.1) is 23.6 Å². The van der Waals surface area contributed by atoms with Crippen molar-refractivity contribution >= 4 is 57.2 Å². The van der Waals surface area contributed by atoms with E-state index in [9.17, 15) is 24.3 Å². The summed E-state index contributed by atoms with van der Waals surface area (Å²) in [5.41, 5.74) is 2.23. The van der Waals surface area contributed by atoms with Crippen molar-refractivity contribution in [1.82, 2.24) is 39.9 Å². The summed E-state index contributed by atoms with van der Waals surface area (Å²) >= 11 is 0. The van der Waals surface area contributed by atoms with E-state index in [-0.39, 0.29) is 81.9 Å². The monoisotopic (exact) mass is 1010 g/mol. The number of anilines is 2. The largest absolute Gasteiger partial charge is 0.508 e. The molecule has 19 heteroatoms. The third-order valence-corrected chi connectivity index (χ3v) is 15.6. The van der Waals surface area contributed by atoms with Crippen LogP contribution in [-0.2, 0) is 20.9 Å². The highest BCUT2D eigenvalue weighted by atomic mass is 19.1. The molecular weight excluding hydrogens is 949 g/mol. The van der Waals surface area contributed by atoms with Crippen LogP contribution in [-0.4, -0.2) is 162 Å². The Kier molecular flexibility index (Phi) is 14.3. The number of aldehydes is 1. The van der Waals surface area contributed by atoms with Gasteiger partial charge < -0.3 is 49.4 Å². The lowest BCUT2D eigenvalue weighted by molar-refractivity contribution is -0.130. The number of nitrogens with zero attached hydrogens (tertiary/aromatic N) is 10. The van der Waals surface area contributed by atoms with Gasteiger partial charge in [-0.1, -0.05) is 12.0 Å². The smallest absolute Gasteiger partial charge is 0.319 e. The summed E-state index contributed by atoms with van der Waals surface area (Å²) in [5.74, 6) is 0.948. The molecule has 3 saturated heterocycles.